The summed E-state index contributed by atoms with van der Waals surface area (Å²) in [6.07, 6.45) is 0. The molecule has 0 fully saturated rings. The molecule has 1 unspecified atom stereocenters. The molecule has 0 heterocycles. The molecule has 114 valence electrons. The maximum Gasteiger partial charge on any atom is 0.238 e. The second kappa shape index (κ2) is 6.51. The lowest BCUT2D eigenvalue weighted by Gasteiger charge is -2.26. The van der Waals surface area contributed by atoms with Crippen LogP contribution in [0.2, 0.25) is 0 Å². The molecule has 0 aliphatic carbocycles. The molecule has 1 atom stereocenters. The summed E-state index contributed by atoms with van der Waals surface area (Å²) < 4.78 is 36.3. The van der Waals surface area contributed by atoms with E-state index in [0.717, 1.165) is 12.6 Å². The van der Waals surface area contributed by atoms with E-state index in [9.17, 15) is 12.8 Å². The van der Waals surface area contributed by atoms with Crippen molar-refractivity contribution in [2.24, 2.45) is 11.1 Å². The summed E-state index contributed by atoms with van der Waals surface area (Å²) in [6, 6.07) is 3.69. The van der Waals surface area contributed by atoms with Gasteiger partial charge < -0.3 is 10.2 Å². The van der Waals surface area contributed by atoms with Crippen LogP contribution in [-0.4, -0.2) is 40.0 Å². The van der Waals surface area contributed by atoms with E-state index in [2.05, 4.69) is 5.32 Å². The zero-order valence-electron chi connectivity index (χ0n) is 12.2. The molecule has 0 saturated carbocycles. The standard InChI is InChI=1S/C13H22FN3O2S/c1-9(2)13(8-17(3)4)16-12-6-5-10(7-11(12)14)20(15,18)19/h5-7,9,13,16H,8H2,1-4H3,(H2,15,18,19). The number of likely N-dealkylation sites (N-methyl/N-ethyl adjacent to an activating group) is 1. The largest absolute Gasteiger partial charge is 0.378 e. The van der Waals surface area contributed by atoms with Gasteiger partial charge in [-0.05, 0) is 38.2 Å². The fourth-order valence-electron chi connectivity index (χ4n) is 1.81. The third-order valence-corrected chi connectivity index (χ3v) is 3.89. The number of nitrogens with two attached hydrogens (primary N) is 1. The van der Waals surface area contributed by atoms with Gasteiger partial charge in [-0.15, -0.1) is 0 Å². The molecule has 0 saturated heterocycles. The van der Waals surface area contributed by atoms with Crippen molar-refractivity contribution in [3.8, 4) is 0 Å². The van der Waals surface area contributed by atoms with Crippen molar-refractivity contribution in [3.05, 3.63) is 24.0 Å². The molecule has 1 rings (SSSR count). The Bertz CT molecular complexity index is 559. The number of rotatable bonds is 6. The van der Waals surface area contributed by atoms with Crippen LogP contribution in [0.5, 0.6) is 0 Å². The van der Waals surface area contributed by atoms with Crippen LogP contribution in [0.1, 0.15) is 13.8 Å². The summed E-state index contributed by atoms with van der Waals surface area (Å²) in [6.45, 7) is 4.82. The fourth-order valence-corrected chi connectivity index (χ4v) is 2.33. The molecule has 7 heteroatoms. The van der Waals surface area contributed by atoms with Gasteiger partial charge in [0.25, 0.3) is 0 Å². The Kier molecular flexibility index (Phi) is 5.50. The summed E-state index contributed by atoms with van der Waals surface area (Å²) in [4.78, 5) is 1.78. The van der Waals surface area contributed by atoms with Gasteiger partial charge in [0.05, 0.1) is 10.6 Å². The highest BCUT2D eigenvalue weighted by molar-refractivity contribution is 7.89. The lowest BCUT2D eigenvalue weighted by atomic mass is 10.0. The van der Waals surface area contributed by atoms with E-state index in [-0.39, 0.29) is 16.6 Å². The average Bonchev–Trinajstić information content (AvgIpc) is 2.28. The molecule has 0 aliphatic rings. The highest BCUT2D eigenvalue weighted by atomic mass is 32.2. The van der Waals surface area contributed by atoms with Gasteiger partial charge in [0.15, 0.2) is 0 Å². The molecule has 1 aromatic rings. The SMILES string of the molecule is CC(C)C(CN(C)C)Nc1ccc(S(N)(=O)=O)cc1F. The third-order valence-electron chi connectivity index (χ3n) is 2.98. The van der Waals surface area contributed by atoms with E-state index in [4.69, 9.17) is 5.14 Å². The molecule has 20 heavy (non-hydrogen) atoms. The monoisotopic (exact) mass is 303 g/mol. The Morgan fingerprint density at radius 1 is 1.35 bits per heavy atom. The van der Waals surface area contributed by atoms with Gasteiger partial charge in [0.2, 0.25) is 10.0 Å². The van der Waals surface area contributed by atoms with Crippen LogP contribution in [0.4, 0.5) is 10.1 Å². The van der Waals surface area contributed by atoms with Gasteiger partial charge in [-0.3, -0.25) is 0 Å². The molecule has 0 bridgehead atoms. The van der Waals surface area contributed by atoms with E-state index in [1.165, 1.54) is 12.1 Å². The minimum absolute atomic E-state index is 0.0554. The topological polar surface area (TPSA) is 75.4 Å². The molecular formula is C13H22FN3O2S. The molecule has 0 amide bonds. The second-order valence-electron chi connectivity index (χ2n) is 5.44. The first-order valence-electron chi connectivity index (χ1n) is 6.35. The maximum absolute atomic E-state index is 13.9. The number of hydrogen-bond acceptors (Lipinski definition) is 4. The van der Waals surface area contributed by atoms with Gasteiger partial charge in [-0.1, -0.05) is 13.8 Å². The Balaban J connectivity index is 2.97. The van der Waals surface area contributed by atoms with Crippen LogP contribution in [0, 0.1) is 11.7 Å². The minimum Gasteiger partial charge on any atom is -0.378 e. The number of nitrogens with zero attached hydrogens (tertiary/aromatic N) is 1. The van der Waals surface area contributed by atoms with Crippen LogP contribution in [0.3, 0.4) is 0 Å². The number of anilines is 1. The van der Waals surface area contributed by atoms with Gasteiger partial charge in [0, 0.05) is 12.6 Å². The molecule has 5 nitrogen and oxygen atoms in total. The van der Waals surface area contributed by atoms with Crippen molar-refractivity contribution in [2.75, 3.05) is 26.0 Å². The summed E-state index contributed by atoms with van der Waals surface area (Å²) >= 11 is 0. The lowest BCUT2D eigenvalue weighted by Crippen LogP contribution is -2.36. The van der Waals surface area contributed by atoms with Gasteiger partial charge >= 0.3 is 0 Å². The van der Waals surface area contributed by atoms with Crippen molar-refractivity contribution in [1.29, 1.82) is 0 Å². The van der Waals surface area contributed by atoms with Gasteiger partial charge in [-0.25, -0.2) is 17.9 Å². The van der Waals surface area contributed by atoms with Crippen molar-refractivity contribution in [3.63, 3.8) is 0 Å². The molecule has 3 N–H and O–H groups in total. The van der Waals surface area contributed by atoms with E-state index in [0.29, 0.717) is 5.92 Å². The molecule has 0 aromatic heterocycles. The van der Waals surface area contributed by atoms with Crippen LogP contribution < -0.4 is 10.5 Å². The fraction of sp³-hybridized carbons (Fsp3) is 0.538. The zero-order valence-corrected chi connectivity index (χ0v) is 13.0. The van der Waals surface area contributed by atoms with E-state index >= 15 is 0 Å². The van der Waals surface area contributed by atoms with Gasteiger partial charge in [0.1, 0.15) is 5.82 Å². The number of hydrogen-bond donors (Lipinski definition) is 2. The Morgan fingerprint density at radius 3 is 2.35 bits per heavy atom. The first kappa shape index (κ1) is 16.9. The summed E-state index contributed by atoms with van der Waals surface area (Å²) in [5, 5.41) is 8.07. The van der Waals surface area contributed by atoms with Crippen molar-refractivity contribution < 1.29 is 12.8 Å². The summed E-state index contributed by atoms with van der Waals surface area (Å²) in [5.41, 5.74) is 0.276. The normalized spacial score (nSPS) is 13.8. The second-order valence-corrected chi connectivity index (χ2v) is 7.01. The van der Waals surface area contributed by atoms with Gasteiger partial charge in [-0.2, -0.15) is 0 Å². The van der Waals surface area contributed by atoms with Crippen molar-refractivity contribution in [2.45, 2.75) is 24.8 Å². The number of benzene rings is 1. The smallest absolute Gasteiger partial charge is 0.238 e. The van der Waals surface area contributed by atoms with E-state index in [1.54, 1.807) is 0 Å². The maximum atomic E-state index is 13.9. The average molecular weight is 303 g/mol. The molecule has 0 spiro atoms. The summed E-state index contributed by atoms with van der Waals surface area (Å²) in [5.74, 6) is -0.323. The van der Waals surface area contributed by atoms with E-state index in [1.807, 2.05) is 32.8 Å². The Labute approximate surface area is 120 Å². The number of primary sulfonamides is 1. The molecular weight excluding hydrogens is 281 g/mol. The van der Waals surface area contributed by atoms with Crippen LogP contribution >= 0.6 is 0 Å². The van der Waals surface area contributed by atoms with Crippen molar-refractivity contribution >= 4 is 15.7 Å². The Morgan fingerprint density at radius 2 is 1.95 bits per heavy atom. The first-order chi connectivity index (χ1) is 9.11. The zero-order chi connectivity index (χ0) is 15.5. The summed E-state index contributed by atoms with van der Waals surface area (Å²) in [7, 11) is 0.00206. The third kappa shape index (κ3) is 4.73. The minimum atomic E-state index is -3.88. The van der Waals surface area contributed by atoms with Crippen LogP contribution in [0.15, 0.2) is 23.1 Å². The van der Waals surface area contributed by atoms with Crippen LogP contribution in [-0.2, 0) is 10.0 Å². The predicted octanol–water partition coefficient (Wildman–Crippen LogP) is 1.47. The highest BCUT2D eigenvalue weighted by Crippen LogP contribution is 2.20. The van der Waals surface area contributed by atoms with Crippen LogP contribution in [0.25, 0.3) is 0 Å². The highest BCUT2D eigenvalue weighted by Gasteiger charge is 2.17. The predicted molar refractivity (Wildman–Crippen MR) is 78.6 cm³/mol. The van der Waals surface area contributed by atoms with Crippen molar-refractivity contribution in [1.82, 2.24) is 4.90 Å². The molecule has 0 radical (unpaired) electrons. The quantitative estimate of drug-likeness (QED) is 0.834. The van der Waals surface area contributed by atoms with E-state index < -0.39 is 15.8 Å². The molecule has 0 aliphatic heterocycles. The number of nitrogens with one attached hydrogen (secondary N) is 1. The number of sulfonamides is 1. The molecule has 1 aromatic carbocycles. The number of halogens is 1. The first-order valence-corrected chi connectivity index (χ1v) is 7.89. The Hall–Kier alpha value is -1.18. The lowest BCUT2D eigenvalue weighted by molar-refractivity contribution is 0.344.